The van der Waals surface area contributed by atoms with Crippen LogP contribution in [0.4, 0.5) is 4.39 Å². The van der Waals surface area contributed by atoms with Crippen LogP contribution in [0.1, 0.15) is 0 Å². The fourth-order valence-corrected chi connectivity index (χ4v) is 1.52. The maximum absolute atomic E-state index is 13.0. The predicted octanol–water partition coefficient (Wildman–Crippen LogP) is 2.35. The van der Waals surface area contributed by atoms with Crippen LogP contribution < -0.4 is 9.47 Å². The molecule has 0 fully saturated rings. The zero-order valence-corrected chi connectivity index (χ0v) is 10.7. The normalized spacial score (nSPS) is 11.9. The van der Waals surface area contributed by atoms with E-state index in [1.165, 1.54) is 12.1 Å². The van der Waals surface area contributed by atoms with Gasteiger partial charge in [0.1, 0.15) is 35.8 Å². The van der Waals surface area contributed by atoms with Crippen molar-refractivity contribution in [1.29, 1.82) is 0 Å². The smallest absolute Gasteiger partial charge is 0.130 e. The summed E-state index contributed by atoms with van der Waals surface area (Å²) >= 11 is 0. The van der Waals surface area contributed by atoms with Gasteiger partial charge >= 0.3 is 0 Å². The molecule has 2 N–H and O–H groups in total. The minimum atomic E-state index is -0.904. The summed E-state index contributed by atoms with van der Waals surface area (Å²) in [4.78, 5) is 0. The van der Waals surface area contributed by atoms with Crippen molar-refractivity contribution < 1.29 is 24.1 Å². The number of hydrogen-bond donors (Lipinski definition) is 2. The van der Waals surface area contributed by atoms with Gasteiger partial charge in [0.25, 0.3) is 0 Å². The molecule has 4 nitrogen and oxygen atoms in total. The minimum Gasteiger partial charge on any atom is -0.491 e. The zero-order valence-electron chi connectivity index (χ0n) is 10.7. The van der Waals surface area contributed by atoms with Crippen molar-refractivity contribution in [1.82, 2.24) is 0 Å². The summed E-state index contributed by atoms with van der Waals surface area (Å²) in [6.45, 7) is -0.332. The van der Waals surface area contributed by atoms with Crippen molar-refractivity contribution in [3.05, 3.63) is 54.3 Å². The first-order valence-electron chi connectivity index (χ1n) is 6.12. The molecular formula is C15H15FO4. The van der Waals surface area contributed by atoms with Crippen LogP contribution in [-0.2, 0) is 0 Å². The molecule has 0 amide bonds. The van der Waals surface area contributed by atoms with E-state index in [2.05, 4.69) is 0 Å². The molecule has 0 saturated heterocycles. The Morgan fingerprint density at radius 2 is 1.70 bits per heavy atom. The van der Waals surface area contributed by atoms with E-state index < -0.39 is 6.10 Å². The van der Waals surface area contributed by atoms with E-state index in [9.17, 15) is 4.39 Å². The van der Waals surface area contributed by atoms with Gasteiger partial charge < -0.3 is 19.7 Å². The van der Waals surface area contributed by atoms with Gasteiger partial charge in [-0.2, -0.15) is 0 Å². The molecule has 0 radical (unpaired) electrons. The largest absolute Gasteiger partial charge is 0.491 e. The van der Waals surface area contributed by atoms with Crippen LogP contribution in [0.3, 0.4) is 0 Å². The third-order valence-corrected chi connectivity index (χ3v) is 2.51. The van der Waals surface area contributed by atoms with E-state index >= 15 is 0 Å². The predicted molar refractivity (Wildman–Crippen MR) is 71.5 cm³/mol. The van der Waals surface area contributed by atoms with Gasteiger partial charge in [0.2, 0.25) is 0 Å². The first-order chi connectivity index (χ1) is 9.67. The number of halogens is 1. The maximum Gasteiger partial charge on any atom is 0.130 e. The molecule has 0 aliphatic heterocycles. The number of rotatable bonds is 6. The van der Waals surface area contributed by atoms with Crippen LogP contribution >= 0.6 is 0 Å². The molecule has 0 aliphatic carbocycles. The highest BCUT2D eigenvalue weighted by atomic mass is 19.1. The molecule has 2 aromatic rings. The fourth-order valence-electron chi connectivity index (χ4n) is 1.52. The van der Waals surface area contributed by atoms with Crippen molar-refractivity contribution in [3.8, 4) is 17.2 Å². The molecular weight excluding hydrogens is 263 g/mol. The molecule has 0 unspecified atom stereocenters. The van der Waals surface area contributed by atoms with Crippen LogP contribution in [0.25, 0.3) is 0 Å². The molecule has 20 heavy (non-hydrogen) atoms. The van der Waals surface area contributed by atoms with Crippen LogP contribution in [0.5, 0.6) is 17.2 Å². The van der Waals surface area contributed by atoms with Crippen LogP contribution in [0, 0.1) is 5.82 Å². The van der Waals surface area contributed by atoms with Gasteiger partial charge in [-0.1, -0.05) is 6.07 Å². The molecule has 106 valence electrons. The second-order valence-corrected chi connectivity index (χ2v) is 4.18. The average molecular weight is 278 g/mol. The second-order valence-electron chi connectivity index (χ2n) is 4.18. The lowest BCUT2D eigenvalue weighted by Gasteiger charge is -2.10. The van der Waals surface area contributed by atoms with E-state index in [4.69, 9.17) is 19.7 Å². The highest BCUT2D eigenvalue weighted by Gasteiger charge is 2.04. The van der Waals surface area contributed by atoms with Gasteiger partial charge in [-0.3, -0.25) is 0 Å². The Labute approximate surface area is 116 Å². The first-order valence-corrected chi connectivity index (χ1v) is 6.12. The monoisotopic (exact) mass is 278 g/mol. The number of aliphatic hydroxyl groups excluding tert-OH is 2. The summed E-state index contributed by atoms with van der Waals surface area (Å²) in [6, 6.07) is 12.5. The topological polar surface area (TPSA) is 58.9 Å². The summed E-state index contributed by atoms with van der Waals surface area (Å²) in [5.74, 6) is 1.14. The molecule has 0 aromatic heterocycles. The van der Waals surface area contributed by atoms with Gasteiger partial charge in [0.05, 0.1) is 6.61 Å². The summed E-state index contributed by atoms with van der Waals surface area (Å²) in [7, 11) is 0. The van der Waals surface area contributed by atoms with E-state index in [0.29, 0.717) is 17.2 Å². The minimum absolute atomic E-state index is 0.0145. The van der Waals surface area contributed by atoms with Crippen molar-refractivity contribution in [2.24, 2.45) is 0 Å². The summed E-state index contributed by atoms with van der Waals surface area (Å²) in [6.07, 6.45) is -0.904. The molecule has 0 bridgehead atoms. The van der Waals surface area contributed by atoms with E-state index in [1.54, 1.807) is 36.4 Å². The number of ether oxygens (including phenoxy) is 2. The maximum atomic E-state index is 13.0. The number of benzene rings is 2. The summed E-state index contributed by atoms with van der Waals surface area (Å²) in [5, 5.41) is 17.8. The SMILES string of the molecule is OC[C@@H](O)COc1ccc(Oc2cccc(F)c2)cc1. The molecule has 2 aromatic carbocycles. The van der Waals surface area contributed by atoms with E-state index in [-0.39, 0.29) is 19.0 Å². The van der Waals surface area contributed by atoms with Crippen LogP contribution in [0.2, 0.25) is 0 Å². The van der Waals surface area contributed by atoms with Gasteiger partial charge in [-0.15, -0.1) is 0 Å². The molecule has 0 aliphatic rings. The standard InChI is InChI=1S/C15H15FO4/c16-11-2-1-3-15(8-11)20-14-6-4-13(5-7-14)19-10-12(18)9-17/h1-8,12,17-18H,9-10H2/t12-/m1/s1. The van der Waals surface area contributed by atoms with Gasteiger partial charge in [0.15, 0.2) is 0 Å². The Balaban J connectivity index is 1.94. The molecule has 0 spiro atoms. The van der Waals surface area contributed by atoms with E-state index in [1.807, 2.05) is 0 Å². The van der Waals surface area contributed by atoms with Crippen LogP contribution in [0.15, 0.2) is 48.5 Å². The molecule has 5 heteroatoms. The average Bonchev–Trinajstić information content (AvgIpc) is 2.46. The summed E-state index contributed by atoms with van der Waals surface area (Å²) in [5.41, 5.74) is 0. The summed E-state index contributed by atoms with van der Waals surface area (Å²) < 4.78 is 23.7. The lowest BCUT2D eigenvalue weighted by molar-refractivity contribution is 0.0536. The van der Waals surface area contributed by atoms with E-state index in [0.717, 1.165) is 0 Å². The molecule has 0 heterocycles. The van der Waals surface area contributed by atoms with Crippen molar-refractivity contribution >= 4 is 0 Å². The van der Waals surface area contributed by atoms with Crippen molar-refractivity contribution in [3.63, 3.8) is 0 Å². The Kier molecular flexibility index (Phi) is 4.92. The fraction of sp³-hybridized carbons (Fsp3) is 0.200. The Morgan fingerprint density at radius 1 is 1.00 bits per heavy atom. The Hall–Kier alpha value is -2.11. The Bertz CT molecular complexity index is 542. The third-order valence-electron chi connectivity index (χ3n) is 2.51. The third kappa shape index (κ3) is 4.22. The number of aliphatic hydroxyl groups is 2. The molecule has 1 atom stereocenters. The zero-order chi connectivity index (χ0) is 14.4. The highest BCUT2D eigenvalue weighted by molar-refractivity contribution is 5.35. The molecule has 2 rings (SSSR count). The number of hydrogen-bond acceptors (Lipinski definition) is 4. The lowest BCUT2D eigenvalue weighted by atomic mass is 10.3. The second kappa shape index (κ2) is 6.88. The molecule has 0 saturated carbocycles. The quantitative estimate of drug-likeness (QED) is 0.851. The van der Waals surface area contributed by atoms with Crippen molar-refractivity contribution in [2.45, 2.75) is 6.10 Å². The lowest BCUT2D eigenvalue weighted by Crippen LogP contribution is -2.21. The Morgan fingerprint density at radius 3 is 2.35 bits per heavy atom. The van der Waals surface area contributed by atoms with Crippen molar-refractivity contribution in [2.75, 3.05) is 13.2 Å². The van der Waals surface area contributed by atoms with Gasteiger partial charge in [-0.05, 0) is 36.4 Å². The van der Waals surface area contributed by atoms with Crippen LogP contribution in [-0.4, -0.2) is 29.5 Å². The highest BCUT2D eigenvalue weighted by Crippen LogP contribution is 2.24. The first kappa shape index (κ1) is 14.3. The van der Waals surface area contributed by atoms with Gasteiger partial charge in [0, 0.05) is 6.07 Å². The van der Waals surface area contributed by atoms with Gasteiger partial charge in [-0.25, -0.2) is 4.39 Å².